The van der Waals surface area contributed by atoms with Gasteiger partial charge in [0, 0.05) is 32.2 Å². The maximum Gasteiger partial charge on any atom is 0.0243 e. The Kier molecular flexibility index (Phi) is 5.22. The first-order valence-corrected chi connectivity index (χ1v) is 7.99. The van der Waals surface area contributed by atoms with E-state index in [0.717, 1.165) is 25.6 Å². The molecule has 112 valence electrons. The molecule has 20 heavy (non-hydrogen) atoms. The van der Waals surface area contributed by atoms with Crippen molar-refractivity contribution in [3.8, 4) is 0 Å². The van der Waals surface area contributed by atoms with Gasteiger partial charge in [0.2, 0.25) is 0 Å². The van der Waals surface area contributed by atoms with Crippen molar-refractivity contribution >= 4 is 0 Å². The Balaban J connectivity index is 2.14. The molecule has 0 saturated carbocycles. The fourth-order valence-corrected chi connectivity index (χ4v) is 3.45. The van der Waals surface area contributed by atoms with E-state index in [9.17, 15) is 0 Å². The Labute approximate surface area is 124 Å². The summed E-state index contributed by atoms with van der Waals surface area (Å²) < 4.78 is 0. The van der Waals surface area contributed by atoms with E-state index in [0.29, 0.717) is 6.04 Å². The predicted octanol–water partition coefficient (Wildman–Crippen LogP) is 3.43. The van der Waals surface area contributed by atoms with E-state index in [1.807, 2.05) is 0 Å². The Hall–Kier alpha value is -0.860. The van der Waals surface area contributed by atoms with Crippen molar-refractivity contribution in [3.05, 3.63) is 34.4 Å². The van der Waals surface area contributed by atoms with Crippen molar-refractivity contribution in [1.29, 1.82) is 0 Å². The van der Waals surface area contributed by atoms with Crippen LogP contribution in [0.2, 0.25) is 0 Å². The molecule has 1 heterocycles. The van der Waals surface area contributed by atoms with Gasteiger partial charge in [-0.05, 0) is 49.8 Å². The largest absolute Gasteiger partial charge is 0.314 e. The summed E-state index contributed by atoms with van der Waals surface area (Å²) in [5, 5.41) is 3.55. The Bertz CT molecular complexity index is 428. The van der Waals surface area contributed by atoms with Gasteiger partial charge < -0.3 is 5.32 Å². The van der Waals surface area contributed by atoms with Crippen LogP contribution >= 0.6 is 0 Å². The molecular formula is C18H30N2. The molecule has 0 spiro atoms. The van der Waals surface area contributed by atoms with Crippen molar-refractivity contribution in [2.24, 2.45) is 5.92 Å². The SMILES string of the molecule is Cc1cc(C)c(CN2CCNCC2CC(C)C)c(C)c1. The lowest BCUT2D eigenvalue weighted by Gasteiger charge is -2.38. The highest BCUT2D eigenvalue weighted by atomic mass is 15.2. The van der Waals surface area contributed by atoms with Gasteiger partial charge in [0.1, 0.15) is 0 Å². The van der Waals surface area contributed by atoms with Gasteiger partial charge in [-0.1, -0.05) is 31.5 Å². The minimum absolute atomic E-state index is 0.684. The van der Waals surface area contributed by atoms with Gasteiger partial charge in [-0.2, -0.15) is 0 Å². The van der Waals surface area contributed by atoms with Gasteiger partial charge in [0.25, 0.3) is 0 Å². The topological polar surface area (TPSA) is 15.3 Å². The van der Waals surface area contributed by atoms with Gasteiger partial charge in [-0.3, -0.25) is 4.90 Å². The number of piperazine rings is 1. The lowest BCUT2D eigenvalue weighted by atomic mass is 9.96. The van der Waals surface area contributed by atoms with Crippen LogP contribution in [0.3, 0.4) is 0 Å². The fourth-order valence-electron chi connectivity index (χ4n) is 3.45. The first-order valence-electron chi connectivity index (χ1n) is 7.99. The number of hydrogen-bond donors (Lipinski definition) is 1. The maximum atomic E-state index is 3.55. The molecule has 1 aromatic rings. The van der Waals surface area contributed by atoms with Gasteiger partial charge in [-0.25, -0.2) is 0 Å². The van der Waals surface area contributed by atoms with E-state index < -0.39 is 0 Å². The molecule has 1 saturated heterocycles. The Morgan fingerprint density at radius 1 is 1.20 bits per heavy atom. The molecule has 2 heteroatoms. The van der Waals surface area contributed by atoms with Crippen molar-refractivity contribution in [2.75, 3.05) is 19.6 Å². The van der Waals surface area contributed by atoms with Crippen LogP contribution in [-0.4, -0.2) is 30.6 Å². The molecule has 1 aliphatic heterocycles. The zero-order valence-electron chi connectivity index (χ0n) is 13.8. The molecule has 2 nitrogen and oxygen atoms in total. The molecule has 0 bridgehead atoms. The molecule has 1 unspecified atom stereocenters. The van der Waals surface area contributed by atoms with E-state index in [-0.39, 0.29) is 0 Å². The molecule has 1 atom stereocenters. The van der Waals surface area contributed by atoms with Crippen LogP contribution in [0.15, 0.2) is 12.1 Å². The summed E-state index contributed by atoms with van der Waals surface area (Å²) in [6, 6.07) is 5.33. The minimum atomic E-state index is 0.684. The summed E-state index contributed by atoms with van der Waals surface area (Å²) in [7, 11) is 0. The third kappa shape index (κ3) is 3.83. The van der Waals surface area contributed by atoms with Crippen molar-refractivity contribution in [2.45, 2.75) is 53.6 Å². The van der Waals surface area contributed by atoms with Gasteiger partial charge >= 0.3 is 0 Å². The zero-order valence-corrected chi connectivity index (χ0v) is 13.8. The van der Waals surface area contributed by atoms with Crippen LogP contribution in [0.25, 0.3) is 0 Å². The average molecular weight is 274 g/mol. The van der Waals surface area contributed by atoms with Crippen LogP contribution < -0.4 is 5.32 Å². The lowest BCUT2D eigenvalue weighted by molar-refractivity contribution is 0.134. The second-order valence-corrected chi connectivity index (χ2v) is 6.84. The molecule has 0 amide bonds. The predicted molar refractivity (Wildman–Crippen MR) is 87.2 cm³/mol. The molecule has 1 aliphatic rings. The maximum absolute atomic E-state index is 3.55. The van der Waals surface area contributed by atoms with E-state index in [2.05, 4.69) is 57.0 Å². The van der Waals surface area contributed by atoms with Crippen molar-refractivity contribution in [1.82, 2.24) is 10.2 Å². The highest BCUT2D eigenvalue weighted by molar-refractivity contribution is 5.37. The van der Waals surface area contributed by atoms with Gasteiger partial charge in [-0.15, -0.1) is 0 Å². The zero-order chi connectivity index (χ0) is 14.7. The van der Waals surface area contributed by atoms with E-state index >= 15 is 0 Å². The Morgan fingerprint density at radius 3 is 2.45 bits per heavy atom. The first kappa shape index (κ1) is 15.5. The number of rotatable bonds is 4. The molecule has 0 radical (unpaired) electrons. The summed E-state index contributed by atoms with van der Waals surface area (Å²) in [4.78, 5) is 2.68. The lowest BCUT2D eigenvalue weighted by Crippen LogP contribution is -2.51. The summed E-state index contributed by atoms with van der Waals surface area (Å²) >= 11 is 0. The second kappa shape index (κ2) is 6.73. The van der Waals surface area contributed by atoms with Crippen LogP contribution in [0, 0.1) is 26.7 Å². The Morgan fingerprint density at radius 2 is 1.85 bits per heavy atom. The van der Waals surface area contributed by atoms with Crippen molar-refractivity contribution in [3.63, 3.8) is 0 Å². The highest BCUT2D eigenvalue weighted by Gasteiger charge is 2.23. The first-order chi connectivity index (χ1) is 9.47. The number of aryl methyl sites for hydroxylation is 3. The fraction of sp³-hybridized carbons (Fsp3) is 0.667. The molecule has 1 fully saturated rings. The average Bonchev–Trinajstić information content (AvgIpc) is 2.34. The molecule has 0 aliphatic carbocycles. The van der Waals surface area contributed by atoms with Crippen molar-refractivity contribution < 1.29 is 0 Å². The van der Waals surface area contributed by atoms with Crippen LogP contribution in [0.5, 0.6) is 0 Å². The highest BCUT2D eigenvalue weighted by Crippen LogP contribution is 2.22. The molecule has 2 rings (SSSR count). The third-order valence-corrected chi connectivity index (χ3v) is 4.42. The van der Waals surface area contributed by atoms with E-state index in [1.54, 1.807) is 0 Å². The van der Waals surface area contributed by atoms with Crippen LogP contribution in [-0.2, 0) is 6.54 Å². The summed E-state index contributed by atoms with van der Waals surface area (Å²) in [5.74, 6) is 0.766. The molecular weight excluding hydrogens is 244 g/mol. The normalized spacial score (nSPS) is 20.6. The third-order valence-electron chi connectivity index (χ3n) is 4.42. The number of benzene rings is 1. The summed E-state index contributed by atoms with van der Waals surface area (Å²) in [6.07, 6.45) is 1.29. The summed E-state index contributed by atoms with van der Waals surface area (Å²) in [6.45, 7) is 15.9. The minimum Gasteiger partial charge on any atom is -0.314 e. The molecule has 1 N–H and O–H groups in total. The quantitative estimate of drug-likeness (QED) is 0.905. The summed E-state index contributed by atoms with van der Waals surface area (Å²) in [5.41, 5.74) is 5.81. The van der Waals surface area contributed by atoms with Gasteiger partial charge in [0.05, 0.1) is 0 Å². The van der Waals surface area contributed by atoms with Gasteiger partial charge in [0.15, 0.2) is 0 Å². The molecule has 1 aromatic carbocycles. The smallest absolute Gasteiger partial charge is 0.0243 e. The van der Waals surface area contributed by atoms with Crippen LogP contribution in [0.4, 0.5) is 0 Å². The standard InChI is InChI=1S/C18H30N2/c1-13(2)8-17-11-19-6-7-20(17)12-18-15(4)9-14(3)10-16(18)5/h9-10,13,17,19H,6-8,11-12H2,1-5H3. The molecule has 0 aromatic heterocycles. The second-order valence-electron chi connectivity index (χ2n) is 6.84. The number of nitrogens with one attached hydrogen (secondary N) is 1. The monoisotopic (exact) mass is 274 g/mol. The van der Waals surface area contributed by atoms with E-state index in [4.69, 9.17) is 0 Å². The van der Waals surface area contributed by atoms with E-state index in [1.165, 1.54) is 35.2 Å². The van der Waals surface area contributed by atoms with Crippen LogP contribution in [0.1, 0.15) is 42.5 Å². The number of nitrogens with zero attached hydrogens (tertiary/aromatic N) is 1. The number of hydrogen-bond acceptors (Lipinski definition) is 2.